The lowest BCUT2D eigenvalue weighted by atomic mass is 10.00. The summed E-state index contributed by atoms with van der Waals surface area (Å²) in [6.07, 6.45) is -5.08. The van der Waals surface area contributed by atoms with Crippen LogP contribution in [0.1, 0.15) is 24.8 Å². The van der Waals surface area contributed by atoms with Gasteiger partial charge in [-0.3, -0.25) is 4.79 Å². The third-order valence-corrected chi connectivity index (χ3v) is 2.60. The molecule has 2 nitrogen and oxygen atoms in total. The number of halogens is 3. The maximum absolute atomic E-state index is 11.9. The van der Waals surface area contributed by atoms with Gasteiger partial charge in [0, 0.05) is 12.8 Å². The molecule has 0 aliphatic heterocycles. The van der Waals surface area contributed by atoms with Crippen LogP contribution in [-0.2, 0) is 11.2 Å². The highest BCUT2D eigenvalue weighted by atomic mass is 19.4. The summed E-state index contributed by atoms with van der Waals surface area (Å²) in [4.78, 5) is 11.5. The topological polar surface area (TPSA) is 43.1 Å². The van der Waals surface area contributed by atoms with Crippen molar-refractivity contribution in [2.24, 2.45) is 5.73 Å². The van der Waals surface area contributed by atoms with Crippen molar-refractivity contribution < 1.29 is 18.0 Å². The Bertz CT molecular complexity index is 376. The number of alkyl halides is 3. The fourth-order valence-electron chi connectivity index (χ4n) is 1.63. The van der Waals surface area contributed by atoms with Crippen molar-refractivity contribution in [2.45, 2.75) is 37.9 Å². The molecule has 100 valence electrons. The van der Waals surface area contributed by atoms with E-state index in [1.165, 1.54) is 0 Å². The number of Topliss-reactive ketones (excluding diaryl/α,β-unsaturated/α-hetero) is 1. The normalized spacial score (nSPS) is 13.3. The molecule has 5 heteroatoms. The van der Waals surface area contributed by atoms with Crippen molar-refractivity contribution in [1.29, 1.82) is 0 Å². The fraction of sp³-hybridized carbons (Fsp3) is 0.462. The molecule has 0 heterocycles. The number of hydrogen-bond donors (Lipinski definition) is 1. The second-order valence-electron chi connectivity index (χ2n) is 4.23. The molecule has 2 N–H and O–H groups in total. The minimum absolute atomic E-state index is 0.118. The highest BCUT2D eigenvalue weighted by Gasteiger charge is 2.27. The highest BCUT2D eigenvalue weighted by Crippen LogP contribution is 2.22. The van der Waals surface area contributed by atoms with Crippen LogP contribution in [0.5, 0.6) is 0 Å². The molecule has 1 rings (SSSR count). The van der Waals surface area contributed by atoms with Gasteiger partial charge in [0.1, 0.15) is 5.78 Å². The molecule has 0 bridgehead atoms. The van der Waals surface area contributed by atoms with E-state index in [-0.39, 0.29) is 18.6 Å². The standard InChI is InChI=1S/C13H16F3NO/c14-13(15,16)8-4-7-12(18)11(17)9-10-5-2-1-3-6-10/h1-3,5-6,11H,4,7-9,17H2. The van der Waals surface area contributed by atoms with Crippen molar-refractivity contribution >= 4 is 5.78 Å². The van der Waals surface area contributed by atoms with Gasteiger partial charge in [-0.25, -0.2) is 0 Å². The van der Waals surface area contributed by atoms with E-state index in [2.05, 4.69) is 0 Å². The van der Waals surface area contributed by atoms with Crippen molar-refractivity contribution in [3.63, 3.8) is 0 Å². The Hall–Kier alpha value is -1.36. The Morgan fingerprint density at radius 1 is 1.22 bits per heavy atom. The zero-order valence-electron chi connectivity index (χ0n) is 9.91. The summed E-state index contributed by atoms with van der Waals surface area (Å²) < 4.78 is 35.7. The van der Waals surface area contributed by atoms with E-state index in [0.29, 0.717) is 6.42 Å². The Morgan fingerprint density at radius 2 is 1.83 bits per heavy atom. The molecule has 1 aromatic carbocycles. The average Bonchev–Trinajstić information content (AvgIpc) is 2.28. The molecule has 0 amide bonds. The van der Waals surface area contributed by atoms with Crippen molar-refractivity contribution in [3.05, 3.63) is 35.9 Å². The number of carbonyl (C=O) groups excluding carboxylic acids is 1. The summed E-state index contributed by atoms with van der Waals surface area (Å²) in [6, 6.07) is 8.46. The summed E-state index contributed by atoms with van der Waals surface area (Å²) in [6.45, 7) is 0. The highest BCUT2D eigenvalue weighted by molar-refractivity contribution is 5.84. The van der Waals surface area contributed by atoms with Gasteiger partial charge in [-0.2, -0.15) is 13.2 Å². The van der Waals surface area contributed by atoms with Gasteiger partial charge >= 0.3 is 6.18 Å². The minimum atomic E-state index is -4.20. The molecule has 18 heavy (non-hydrogen) atoms. The second-order valence-corrected chi connectivity index (χ2v) is 4.23. The van der Waals surface area contributed by atoms with E-state index in [0.717, 1.165) is 5.56 Å². The molecule has 1 atom stereocenters. The van der Waals surface area contributed by atoms with Crippen LogP contribution in [0.4, 0.5) is 13.2 Å². The van der Waals surface area contributed by atoms with Gasteiger partial charge in [0.05, 0.1) is 6.04 Å². The van der Waals surface area contributed by atoms with Crippen molar-refractivity contribution in [1.82, 2.24) is 0 Å². The number of rotatable bonds is 6. The predicted octanol–water partition coefficient (Wildman–Crippen LogP) is 2.86. The Morgan fingerprint density at radius 3 is 2.39 bits per heavy atom. The Labute approximate surface area is 104 Å². The number of carbonyl (C=O) groups is 1. The van der Waals surface area contributed by atoms with E-state index in [4.69, 9.17) is 5.73 Å². The minimum Gasteiger partial charge on any atom is -0.321 e. The van der Waals surface area contributed by atoms with Crippen LogP contribution in [0.15, 0.2) is 30.3 Å². The first-order chi connectivity index (χ1) is 8.38. The third-order valence-electron chi connectivity index (χ3n) is 2.60. The summed E-state index contributed by atoms with van der Waals surface area (Å²) in [5.74, 6) is -0.317. The fourth-order valence-corrected chi connectivity index (χ4v) is 1.63. The van der Waals surface area contributed by atoms with Crippen LogP contribution in [0.2, 0.25) is 0 Å². The number of benzene rings is 1. The van der Waals surface area contributed by atoms with Crippen LogP contribution in [0, 0.1) is 0 Å². The van der Waals surface area contributed by atoms with Gasteiger partial charge in [0.25, 0.3) is 0 Å². The third kappa shape index (κ3) is 5.82. The molecule has 0 aromatic heterocycles. The summed E-state index contributed by atoms with van der Waals surface area (Å²) in [5, 5.41) is 0. The van der Waals surface area contributed by atoms with Gasteiger partial charge in [-0.05, 0) is 18.4 Å². The molecule has 0 saturated heterocycles. The van der Waals surface area contributed by atoms with E-state index in [9.17, 15) is 18.0 Å². The van der Waals surface area contributed by atoms with Crippen molar-refractivity contribution in [2.75, 3.05) is 0 Å². The van der Waals surface area contributed by atoms with Crippen LogP contribution >= 0.6 is 0 Å². The van der Waals surface area contributed by atoms with Crippen LogP contribution in [-0.4, -0.2) is 18.0 Å². The largest absolute Gasteiger partial charge is 0.389 e. The average molecular weight is 259 g/mol. The zero-order chi connectivity index (χ0) is 13.6. The van der Waals surface area contributed by atoms with Gasteiger partial charge in [-0.15, -0.1) is 0 Å². The van der Waals surface area contributed by atoms with E-state index < -0.39 is 18.6 Å². The summed E-state index contributed by atoms with van der Waals surface area (Å²) in [5.41, 5.74) is 6.58. The van der Waals surface area contributed by atoms with E-state index in [1.54, 1.807) is 0 Å². The molecule has 0 radical (unpaired) electrons. The first-order valence-electron chi connectivity index (χ1n) is 5.77. The molecule has 0 aliphatic rings. The van der Waals surface area contributed by atoms with Crippen molar-refractivity contribution in [3.8, 4) is 0 Å². The maximum atomic E-state index is 11.9. The predicted molar refractivity (Wildman–Crippen MR) is 63.0 cm³/mol. The SMILES string of the molecule is NC(Cc1ccccc1)C(=O)CCCC(F)(F)F. The lowest BCUT2D eigenvalue weighted by molar-refractivity contribution is -0.137. The van der Waals surface area contributed by atoms with Crippen LogP contribution < -0.4 is 5.73 Å². The molecule has 0 spiro atoms. The first-order valence-corrected chi connectivity index (χ1v) is 5.77. The molecule has 0 fully saturated rings. The molecular weight excluding hydrogens is 243 g/mol. The summed E-state index contributed by atoms with van der Waals surface area (Å²) in [7, 11) is 0. The number of ketones is 1. The van der Waals surface area contributed by atoms with E-state index >= 15 is 0 Å². The molecular formula is C13H16F3NO. The maximum Gasteiger partial charge on any atom is 0.389 e. The van der Waals surface area contributed by atoms with E-state index in [1.807, 2.05) is 30.3 Å². The Balaban J connectivity index is 2.34. The summed E-state index contributed by atoms with van der Waals surface area (Å²) >= 11 is 0. The zero-order valence-corrected chi connectivity index (χ0v) is 9.91. The monoisotopic (exact) mass is 259 g/mol. The molecule has 1 unspecified atom stereocenters. The van der Waals surface area contributed by atoms with Gasteiger partial charge in [-0.1, -0.05) is 30.3 Å². The molecule has 0 saturated carbocycles. The van der Waals surface area contributed by atoms with Gasteiger partial charge < -0.3 is 5.73 Å². The Kier molecular flexibility index (Phi) is 5.34. The smallest absolute Gasteiger partial charge is 0.321 e. The van der Waals surface area contributed by atoms with Gasteiger partial charge in [0.2, 0.25) is 0 Å². The molecule has 1 aromatic rings. The van der Waals surface area contributed by atoms with Gasteiger partial charge in [0.15, 0.2) is 0 Å². The lowest BCUT2D eigenvalue weighted by Crippen LogP contribution is -2.32. The lowest BCUT2D eigenvalue weighted by Gasteiger charge is -2.11. The molecule has 0 aliphatic carbocycles. The first kappa shape index (κ1) is 14.7. The quantitative estimate of drug-likeness (QED) is 0.853. The van der Waals surface area contributed by atoms with Crippen LogP contribution in [0.25, 0.3) is 0 Å². The number of nitrogens with two attached hydrogens (primary N) is 1. The van der Waals surface area contributed by atoms with Crippen LogP contribution in [0.3, 0.4) is 0 Å². The second kappa shape index (κ2) is 6.54. The number of hydrogen-bond acceptors (Lipinski definition) is 2.